The fourth-order valence-electron chi connectivity index (χ4n) is 4.45. The topological polar surface area (TPSA) is 27.7 Å². The molecule has 0 fully saturated rings. The molecular formula is C28H24O3S. The molecule has 5 aromatic rings. The lowest BCUT2D eigenvalue weighted by Gasteiger charge is -2.18. The minimum atomic E-state index is 0.621. The van der Waals surface area contributed by atoms with Crippen molar-refractivity contribution in [2.45, 2.75) is 6.42 Å². The molecule has 0 unspecified atom stereocenters. The molecule has 1 heterocycles. The highest BCUT2D eigenvalue weighted by atomic mass is 32.1. The molecule has 32 heavy (non-hydrogen) atoms. The Morgan fingerprint density at radius 1 is 0.625 bits per heavy atom. The number of fused-ring (bicyclic) bond motifs is 3. The number of thiophene rings is 1. The first-order valence-electron chi connectivity index (χ1n) is 10.5. The molecule has 0 N–H and O–H groups in total. The van der Waals surface area contributed by atoms with Gasteiger partial charge in [-0.2, -0.15) is 0 Å². The van der Waals surface area contributed by atoms with Crippen LogP contribution in [-0.4, -0.2) is 21.3 Å². The lowest BCUT2D eigenvalue weighted by molar-refractivity contribution is 0.322. The number of methoxy groups -OCH3 is 3. The van der Waals surface area contributed by atoms with Crippen LogP contribution in [0.25, 0.3) is 31.3 Å². The van der Waals surface area contributed by atoms with Gasteiger partial charge < -0.3 is 14.2 Å². The Labute approximate surface area is 191 Å². The number of hydrogen-bond donors (Lipinski definition) is 0. The van der Waals surface area contributed by atoms with E-state index in [1.54, 1.807) is 21.3 Å². The fourth-order valence-corrected chi connectivity index (χ4v) is 5.56. The van der Waals surface area contributed by atoms with Crippen molar-refractivity contribution in [3.8, 4) is 28.4 Å². The number of ether oxygens (including phenoxy) is 3. The first kappa shape index (κ1) is 20.4. The Kier molecular flexibility index (Phi) is 5.46. The van der Waals surface area contributed by atoms with Gasteiger partial charge in [-0.05, 0) is 34.9 Å². The summed E-state index contributed by atoms with van der Waals surface area (Å²) in [4.78, 5) is 0. The average Bonchev–Trinajstić information content (AvgIpc) is 3.22. The van der Waals surface area contributed by atoms with E-state index in [0.29, 0.717) is 23.7 Å². The van der Waals surface area contributed by atoms with Gasteiger partial charge in [0.2, 0.25) is 5.75 Å². The zero-order valence-electron chi connectivity index (χ0n) is 18.3. The van der Waals surface area contributed by atoms with Crippen molar-refractivity contribution in [2.24, 2.45) is 0 Å². The highest BCUT2D eigenvalue weighted by Crippen LogP contribution is 2.44. The van der Waals surface area contributed by atoms with Crippen molar-refractivity contribution in [1.82, 2.24) is 0 Å². The summed E-state index contributed by atoms with van der Waals surface area (Å²) in [5.41, 5.74) is 4.80. The van der Waals surface area contributed by atoms with E-state index in [-0.39, 0.29) is 0 Å². The average molecular weight is 441 g/mol. The van der Waals surface area contributed by atoms with Gasteiger partial charge in [-0.15, -0.1) is 11.3 Å². The molecule has 4 aromatic carbocycles. The van der Waals surface area contributed by atoms with Crippen LogP contribution in [0.5, 0.6) is 17.2 Å². The van der Waals surface area contributed by atoms with Gasteiger partial charge in [0.1, 0.15) is 0 Å². The molecule has 0 amide bonds. The lowest BCUT2D eigenvalue weighted by atomic mass is 9.91. The summed E-state index contributed by atoms with van der Waals surface area (Å²) in [5.74, 6) is 1.99. The van der Waals surface area contributed by atoms with Gasteiger partial charge in [-0.25, -0.2) is 0 Å². The molecule has 0 saturated heterocycles. The Morgan fingerprint density at radius 2 is 1.34 bits per heavy atom. The van der Waals surface area contributed by atoms with Crippen molar-refractivity contribution in [2.75, 3.05) is 21.3 Å². The van der Waals surface area contributed by atoms with Crippen LogP contribution in [0, 0.1) is 0 Å². The Balaban J connectivity index is 1.76. The molecule has 160 valence electrons. The second kappa shape index (κ2) is 8.56. The minimum Gasteiger partial charge on any atom is -0.493 e. The highest BCUT2D eigenvalue weighted by Gasteiger charge is 2.19. The Bertz CT molecular complexity index is 1400. The lowest BCUT2D eigenvalue weighted by Crippen LogP contribution is -2.00. The quantitative estimate of drug-likeness (QED) is 0.276. The van der Waals surface area contributed by atoms with Crippen LogP contribution >= 0.6 is 11.3 Å². The summed E-state index contributed by atoms with van der Waals surface area (Å²) in [7, 11) is 4.96. The maximum absolute atomic E-state index is 5.77. The summed E-state index contributed by atoms with van der Waals surface area (Å²) in [5, 5.41) is 2.61. The largest absolute Gasteiger partial charge is 0.493 e. The maximum Gasteiger partial charge on any atom is 0.203 e. The smallest absolute Gasteiger partial charge is 0.203 e. The third-order valence-corrected chi connectivity index (χ3v) is 6.99. The van der Waals surface area contributed by atoms with Gasteiger partial charge in [0.15, 0.2) is 11.5 Å². The van der Waals surface area contributed by atoms with Crippen molar-refractivity contribution in [3.63, 3.8) is 0 Å². The zero-order chi connectivity index (χ0) is 22.1. The van der Waals surface area contributed by atoms with E-state index in [4.69, 9.17) is 14.2 Å². The van der Waals surface area contributed by atoms with Crippen molar-refractivity contribution in [1.29, 1.82) is 0 Å². The number of hydrogen-bond acceptors (Lipinski definition) is 4. The monoisotopic (exact) mass is 440 g/mol. The molecule has 1 aromatic heterocycles. The van der Waals surface area contributed by atoms with Gasteiger partial charge in [0, 0.05) is 32.2 Å². The summed E-state index contributed by atoms with van der Waals surface area (Å²) in [6.45, 7) is 0. The van der Waals surface area contributed by atoms with Crippen LogP contribution in [0.3, 0.4) is 0 Å². The van der Waals surface area contributed by atoms with Crippen molar-refractivity contribution in [3.05, 3.63) is 90.0 Å². The van der Waals surface area contributed by atoms with E-state index in [1.807, 2.05) is 17.4 Å². The molecule has 0 saturated carbocycles. The van der Waals surface area contributed by atoms with E-state index in [1.165, 1.54) is 36.9 Å². The van der Waals surface area contributed by atoms with E-state index in [0.717, 1.165) is 5.56 Å². The Hall–Kier alpha value is -3.50. The predicted octanol–water partition coefficient (Wildman–Crippen LogP) is 7.34. The van der Waals surface area contributed by atoms with Crippen LogP contribution in [0.2, 0.25) is 0 Å². The summed E-state index contributed by atoms with van der Waals surface area (Å²) in [6.07, 6.45) is 0.716. The molecule has 4 heteroatoms. The molecule has 0 aliphatic carbocycles. The van der Waals surface area contributed by atoms with Crippen molar-refractivity contribution < 1.29 is 14.2 Å². The summed E-state index contributed by atoms with van der Waals surface area (Å²) >= 11 is 1.84. The number of rotatable bonds is 6. The SMILES string of the molecule is COc1ccc(Cc2ccc3sc4ccccc4c3c2-c2ccccc2)c(OC)c1OC. The van der Waals surface area contributed by atoms with Crippen LogP contribution in [0.1, 0.15) is 11.1 Å². The van der Waals surface area contributed by atoms with Crippen LogP contribution in [-0.2, 0) is 6.42 Å². The highest BCUT2D eigenvalue weighted by molar-refractivity contribution is 7.25. The van der Waals surface area contributed by atoms with Crippen LogP contribution in [0.4, 0.5) is 0 Å². The third-order valence-electron chi connectivity index (χ3n) is 5.86. The van der Waals surface area contributed by atoms with Gasteiger partial charge in [0.05, 0.1) is 21.3 Å². The van der Waals surface area contributed by atoms with Gasteiger partial charge >= 0.3 is 0 Å². The molecule has 0 aliphatic heterocycles. The first-order valence-corrected chi connectivity index (χ1v) is 11.3. The van der Waals surface area contributed by atoms with E-state index < -0.39 is 0 Å². The molecule has 0 atom stereocenters. The molecule has 3 nitrogen and oxygen atoms in total. The second-order valence-electron chi connectivity index (χ2n) is 7.61. The van der Waals surface area contributed by atoms with Gasteiger partial charge in [-0.3, -0.25) is 0 Å². The first-order chi connectivity index (χ1) is 15.7. The molecule has 0 spiro atoms. The summed E-state index contributed by atoms with van der Waals surface area (Å²) in [6, 6.07) is 27.8. The van der Waals surface area contributed by atoms with Crippen LogP contribution in [0.15, 0.2) is 78.9 Å². The second-order valence-corrected chi connectivity index (χ2v) is 8.69. The van der Waals surface area contributed by atoms with Gasteiger partial charge in [-0.1, -0.05) is 60.7 Å². The van der Waals surface area contributed by atoms with Crippen LogP contribution < -0.4 is 14.2 Å². The summed E-state index contributed by atoms with van der Waals surface area (Å²) < 4.78 is 19.5. The Morgan fingerprint density at radius 3 is 2.09 bits per heavy atom. The molecule has 0 aliphatic rings. The minimum absolute atomic E-state index is 0.621. The van der Waals surface area contributed by atoms with E-state index >= 15 is 0 Å². The molecule has 0 radical (unpaired) electrons. The fraction of sp³-hybridized carbons (Fsp3) is 0.143. The standard InChI is InChI=1S/C28H24O3S/c1-29-22-15-13-20(27(30-2)28(22)31-3)17-19-14-16-24-26(21-11-7-8-12-23(21)32-24)25(19)18-9-5-4-6-10-18/h4-16H,17H2,1-3H3. The number of benzene rings is 4. The van der Waals surface area contributed by atoms with E-state index in [2.05, 4.69) is 72.8 Å². The third kappa shape index (κ3) is 3.37. The van der Waals surface area contributed by atoms with E-state index in [9.17, 15) is 0 Å². The molecular weight excluding hydrogens is 416 g/mol. The predicted molar refractivity (Wildman–Crippen MR) is 134 cm³/mol. The molecule has 5 rings (SSSR count). The van der Waals surface area contributed by atoms with Crippen molar-refractivity contribution >= 4 is 31.5 Å². The zero-order valence-corrected chi connectivity index (χ0v) is 19.2. The molecule has 0 bridgehead atoms. The normalized spacial score (nSPS) is 11.1. The maximum atomic E-state index is 5.77. The van der Waals surface area contributed by atoms with Gasteiger partial charge in [0.25, 0.3) is 0 Å².